The first-order valence-corrected chi connectivity index (χ1v) is 6.05. The molecule has 0 unspecified atom stereocenters. The summed E-state index contributed by atoms with van der Waals surface area (Å²) in [4.78, 5) is 0. The summed E-state index contributed by atoms with van der Waals surface area (Å²) >= 11 is 0. The fraction of sp³-hybridized carbons (Fsp3) is 0.143. The summed E-state index contributed by atoms with van der Waals surface area (Å²) < 4.78 is 80.0. The molecule has 0 spiro atoms. The lowest BCUT2D eigenvalue weighted by molar-refractivity contribution is -0.275. The number of benzene rings is 2. The molecule has 0 aromatic heterocycles. The Hall–Kier alpha value is -2.58. The molecule has 0 radical (unpaired) electrons. The Morgan fingerprint density at radius 2 is 1.22 bits per heavy atom. The molecule has 0 atom stereocenters. The van der Waals surface area contributed by atoms with Crippen molar-refractivity contribution in [3.63, 3.8) is 0 Å². The highest BCUT2D eigenvalue weighted by atomic mass is 19.4. The van der Waals surface area contributed by atoms with E-state index in [1.165, 1.54) is 24.3 Å². The Morgan fingerprint density at radius 1 is 0.696 bits per heavy atom. The van der Waals surface area contributed by atoms with Gasteiger partial charge in [-0.2, -0.15) is 0 Å². The fourth-order valence-corrected chi connectivity index (χ4v) is 1.79. The number of rotatable bonds is 3. The lowest BCUT2D eigenvalue weighted by Gasteiger charge is -2.13. The van der Waals surface area contributed by atoms with E-state index >= 15 is 0 Å². The van der Waals surface area contributed by atoms with E-state index in [0.29, 0.717) is 11.1 Å². The smallest absolute Gasteiger partial charge is 0.406 e. The van der Waals surface area contributed by atoms with Gasteiger partial charge < -0.3 is 15.2 Å². The highest BCUT2D eigenvalue weighted by Gasteiger charge is 2.32. The zero-order chi connectivity index (χ0) is 17.3. The van der Waals surface area contributed by atoms with Crippen LogP contribution in [0.3, 0.4) is 0 Å². The molecule has 0 amide bonds. The number of ether oxygens (including phenoxy) is 2. The van der Waals surface area contributed by atoms with Crippen LogP contribution in [0.15, 0.2) is 42.5 Å². The summed E-state index contributed by atoms with van der Waals surface area (Å²) in [5, 5.41) is 0. The minimum Gasteiger partial charge on any atom is -0.406 e. The van der Waals surface area contributed by atoms with Crippen molar-refractivity contribution in [2.75, 3.05) is 5.73 Å². The van der Waals surface area contributed by atoms with Crippen LogP contribution in [0.25, 0.3) is 11.1 Å². The van der Waals surface area contributed by atoms with Crippen LogP contribution in [0.5, 0.6) is 11.5 Å². The minimum absolute atomic E-state index is 0.254. The van der Waals surface area contributed by atoms with Crippen LogP contribution >= 0.6 is 0 Å². The zero-order valence-corrected chi connectivity index (χ0v) is 11.2. The van der Waals surface area contributed by atoms with E-state index < -0.39 is 24.2 Å². The Balaban J connectivity index is 2.21. The van der Waals surface area contributed by atoms with Crippen molar-refractivity contribution in [1.82, 2.24) is 0 Å². The van der Waals surface area contributed by atoms with Crippen LogP contribution in [0.4, 0.5) is 32.0 Å². The second kappa shape index (κ2) is 5.90. The van der Waals surface area contributed by atoms with Crippen molar-refractivity contribution in [2.45, 2.75) is 12.7 Å². The van der Waals surface area contributed by atoms with Gasteiger partial charge >= 0.3 is 12.7 Å². The normalized spacial score (nSPS) is 12.1. The molecule has 0 heterocycles. The molecular formula is C14H9F6NO2. The number of halogens is 6. The molecule has 3 nitrogen and oxygen atoms in total. The molecular weight excluding hydrogens is 328 g/mol. The van der Waals surface area contributed by atoms with E-state index in [-0.39, 0.29) is 5.69 Å². The zero-order valence-electron chi connectivity index (χ0n) is 11.2. The van der Waals surface area contributed by atoms with Crippen molar-refractivity contribution in [2.24, 2.45) is 0 Å². The van der Waals surface area contributed by atoms with Crippen LogP contribution < -0.4 is 15.2 Å². The maximum atomic E-state index is 12.1. The second-order valence-electron chi connectivity index (χ2n) is 4.37. The highest BCUT2D eigenvalue weighted by Crippen LogP contribution is 2.33. The summed E-state index contributed by atoms with van der Waals surface area (Å²) in [6, 6.07) is 8.36. The number of alkyl halides is 6. The van der Waals surface area contributed by atoms with Crippen molar-refractivity contribution in [3.8, 4) is 22.6 Å². The number of hydrogen-bond acceptors (Lipinski definition) is 3. The SMILES string of the molecule is Nc1cc(-c2ccc(OC(F)(F)F)cc2)ccc1OC(F)(F)F. The average molecular weight is 337 g/mol. The lowest BCUT2D eigenvalue weighted by atomic mass is 10.0. The van der Waals surface area contributed by atoms with Crippen LogP contribution in [-0.4, -0.2) is 12.7 Å². The van der Waals surface area contributed by atoms with Crippen molar-refractivity contribution in [3.05, 3.63) is 42.5 Å². The van der Waals surface area contributed by atoms with Gasteiger partial charge in [0.05, 0.1) is 5.69 Å². The van der Waals surface area contributed by atoms with Crippen molar-refractivity contribution < 1.29 is 35.8 Å². The van der Waals surface area contributed by atoms with Gasteiger partial charge in [0, 0.05) is 0 Å². The molecule has 0 saturated heterocycles. The number of hydrogen-bond donors (Lipinski definition) is 1. The molecule has 124 valence electrons. The molecule has 0 fully saturated rings. The lowest BCUT2D eigenvalue weighted by Crippen LogP contribution is -2.18. The van der Waals surface area contributed by atoms with E-state index in [0.717, 1.165) is 18.2 Å². The quantitative estimate of drug-likeness (QED) is 0.650. The van der Waals surface area contributed by atoms with E-state index in [2.05, 4.69) is 9.47 Å². The van der Waals surface area contributed by atoms with Crippen molar-refractivity contribution in [1.29, 1.82) is 0 Å². The Bertz CT molecular complexity index is 679. The predicted octanol–water partition coefficient (Wildman–Crippen LogP) is 4.73. The first-order chi connectivity index (χ1) is 10.5. The molecule has 9 heteroatoms. The third kappa shape index (κ3) is 4.97. The van der Waals surface area contributed by atoms with Gasteiger partial charge in [-0.05, 0) is 35.4 Å². The third-order valence-corrected chi connectivity index (χ3v) is 2.66. The van der Waals surface area contributed by atoms with Gasteiger partial charge in [0.15, 0.2) is 5.75 Å². The molecule has 23 heavy (non-hydrogen) atoms. The van der Waals surface area contributed by atoms with Gasteiger partial charge in [-0.3, -0.25) is 0 Å². The Kier molecular flexibility index (Phi) is 4.31. The van der Waals surface area contributed by atoms with Gasteiger partial charge in [-0.1, -0.05) is 18.2 Å². The molecule has 0 bridgehead atoms. The maximum absolute atomic E-state index is 12.1. The molecule has 2 aromatic rings. The monoisotopic (exact) mass is 337 g/mol. The molecule has 0 aliphatic carbocycles. The topological polar surface area (TPSA) is 44.5 Å². The largest absolute Gasteiger partial charge is 0.573 e. The fourth-order valence-electron chi connectivity index (χ4n) is 1.79. The van der Waals surface area contributed by atoms with Crippen molar-refractivity contribution >= 4 is 5.69 Å². The van der Waals surface area contributed by atoms with Gasteiger partial charge in [0.2, 0.25) is 0 Å². The summed E-state index contributed by atoms with van der Waals surface area (Å²) in [5.74, 6) is -0.968. The molecule has 2 aromatic carbocycles. The molecule has 2 rings (SSSR count). The summed E-state index contributed by atoms with van der Waals surface area (Å²) in [6.45, 7) is 0. The van der Waals surface area contributed by atoms with Gasteiger partial charge in [0.1, 0.15) is 5.75 Å². The maximum Gasteiger partial charge on any atom is 0.573 e. The van der Waals surface area contributed by atoms with E-state index in [1.54, 1.807) is 0 Å². The Labute approximate surface area is 126 Å². The first-order valence-electron chi connectivity index (χ1n) is 6.05. The van der Waals surface area contributed by atoms with Crippen LogP contribution in [-0.2, 0) is 0 Å². The van der Waals surface area contributed by atoms with Gasteiger partial charge in [-0.25, -0.2) is 0 Å². The Morgan fingerprint density at radius 3 is 1.70 bits per heavy atom. The first kappa shape index (κ1) is 16.8. The summed E-state index contributed by atoms with van der Waals surface area (Å²) in [7, 11) is 0. The average Bonchev–Trinajstić information content (AvgIpc) is 2.39. The second-order valence-corrected chi connectivity index (χ2v) is 4.37. The summed E-state index contributed by atoms with van der Waals surface area (Å²) in [6.07, 6.45) is -9.67. The third-order valence-electron chi connectivity index (χ3n) is 2.66. The van der Waals surface area contributed by atoms with Gasteiger partial charge in [-0.15, -0.1) is 26.3 Å². The van der Waals surface area contributed by atoms with E-state index in [9.17, 15) is 26.3 Å². The molecule has 0 aliphatic heterocycles. The van der Waals surface area contributed by atoms with Crippen LogP contribution in [0.1, 0.15) is 0 Å². The van der Waals surface area contributed by atoms with Crippen LogP contribution in [0, 0.1) is 0 Å². The highest BCUT2D eigenvalue weighted by molar-refractivity contribution is 5.71. The summed E-state index contributed by atoms with van der Waals surface area (Å²) in [5.41, 5.74) is 6.09. The van der Waals surface area contributed by atoms with E-state index in [4.69, 9.17) is 5.73 Å². The number of anilines is 1. The standard InChI is InChI=1S/C14H9F6NO2/c15-13(16,17)22-10-4-1-8(2-5-10)9-3-6-12(11(21)7-9)23-14(18,19)20/h1-7H,21H2. The van der Waals surface area contributed by atoms with Crippen LogP contribution in [0.2, 0.25) is 0 Å². The number of nitrogen functional groups attached to an aromatic ring is 1. The number of nitrogens with two attached hydrogens (primary N) is 1. The van der Waals surface area contributed by atoms with E-state index in [1.807, 2.05) is 0 Å². The molecule has 0 aliphatic rings. The molecule has 2 N–H and O–H groups in total. The minimum atomic E-state index is -4.87. The predicted molar refractivity (Wildman–Crippen MR) is 69.7 cm³/mol. The van der Waals surface area contributed by atoms with Gasteiger partial charge in [0.25, 0.3) is 0 Å². The molecule has 0 saturated carbocycles.